The van der Waals surface area contributed by atoms with Gasteiger partial charge in [0.05, 0.1) is 16.9 Å². The summed E-state index contributed by atoms with van der Waals surface area (Å²) in [5.74, 6) is 0.432. The van der Waals surface area contributed by atoms with Gasteiger partial charge in [-0.1, -0.05) is 30.3 Å². The average Bonchev–Trinajstić information content (AvgIpc) is 3.38. The van der Waals surface area contributed by atoms with Crippen LogP contribution in [0.4, 0.5) is 4.39 Å². The van der Waals surface area contributed by atoms with Crippen LogP contribution in [-0.4, -0.2) is 42.1 Å². The van der Waals surface area contributed by atoms with Gasteiger partial charge in [-0.2, -0.15) is 0 Å². The van der Waals surface area contributed by atoms with Crippen LogP contribution < -0.4 is 4.74 Å². The van der Waals surface area contributed by atoms with E-state index in [1.54, 1.807) is 23.9 Å². The summed E-state index contributed by atoms with van der Waals surface area (Å²) in [7, 11) is 1.86. The molecule has 0 saturated heterocycles. The zero-order chi connectivity index (χ0) is 20.4. The summed E-state index contributed by atoms with van der Waals surface area (Å²) in [6.45, 7) is 3.14. The first-order valence-electron chi connectivity index (χ1n) is 9.85. The standard InChI is InChI=1S/C23H25FN2O2S/c1-16-25-20(21(29-16)17-6-4-3-5-7-17)22(27)26(2)14-23(12-13-23)15-28-19-10-8-18(24)9-11-19/h3-11,20-21H,12-15H2,1-2H3. The Bertz CT molecular complexity index is 897. The summed E-state index contributed by atoms with van der Waals surface area (Å²) in [6, 6.07) is 15.8. The number of hydrogen-bond acceptors (Lipinski definition) is 4. The highest BCUT2D eigenvalue weighted by Crippen LogP contribution is 2.47. The van der Waals surface area contributed by atoms with Crippen molar-refractivity contribution in [2.24, 2.45) is 10.4 Å². The Morgan fingerprint density at radius 1 is 1.21 bits per heavy atom. The first-order chi connectivity index (χ1) is 14.0. The number of carbonyl (C=O) groups is 1. The van der Waals surface area contributed by atoms with Crippen molar-refractivity contribution in [3.05, 3.63) is 66.0 Å². The van der Waals surface area contributed by atoms with E-state index in [1.807, 2.05) is 37.1 Å². The molecule has 6 heteroatoms. The van der Waals surface area contributed by atoms with Gasteiger partial charge in [-0.15, -0.1) is 11.8 Å². The third-order valence-electron chi connectivity index (χ3n) is 5.55. The van der Waals surface area contributed by atoms with Crippen LogP contribution in [0.25, 0.3) is 0 Å². The van der Waals surface area contributed by atoms with E-state index in [2.05, 4.69) is 17.1 Å². The molecule has 0 N–H and O–H groups in total. The quantitative estimate of drug-likeness (QED) is 0.661. The van der Waals surface area contributed by atoms with Gasteiger partial charge in [-0.3, -0.25) is 9.79 Å². The summed E-state index contributed by atoms with van der Waals surface area (Å²) < 4.78 is 18.9. The third kappa shape index (κ3) is 4.64. The van der Waals surface area contributed by atoms with Crippen LogP contribution in [0.15, 0.2) is 59.6 Å². The molecule has 4 nitrogen and oxygen atoms in total. The molecule has 2 unspecified atom stereocenters. The van der Waals surface area contributed by atoms with Crippen molar-refractivity contribution < 1.29 is 13.9 Å². The Hall–Kier alpha value is -2.34. The van der Waals surface area contributed by atoms with Gasteiger partial charge in [0.25, 0.3) is 0 Å². The normalized spacial score (nSPS) is 22.1. The van der Waals surface area contributed by atoms with E-state index >= 15 is 0 Å². The second-order valence-electron chi connectivity index (χ2n) is 7.98. The zero-order valence-electron chi connectivity index (χ0n) is 16.7. The molecule has 0 spiro atoms. The van der Waals surface area contributed by atoms with Gasteiger partial charge in [0, 0.05) is 19.0 Å². The van der Waals surface area contributed by atoms with Gasteiger partial charge in [0.15, 0.2) is 0 Å². The number of benzene rings is 2. The number of aliphatic imine (C=N–C) groups is 1. The molecule has 1 heterocycles. The largest absolute Gasteiger partial charge is 0.493 e. The lowest BCUT2D eigenvalue weighted by Gasteiger charge is -2.27. The molecule has 0 radical (unpaired) electrons. The van der Waals surface area contributed by atoms with Crippen molar-refractivity contribution in [1.29, 1.82) is 0 Å². The lowest BCUT2D eigenvalue weighted by molar-refractivity contribution is -0.132. The Kier molecular flexibility index (Phi) is 5.63. The Morgan fingerprint density at radius 2 is 1.90 bits per heavy atom. The van der Waals surface area contributed by atoms with E-state index in [9.17, 15) is 9.18 Å². The molecule has 2 aromatic carbocycles. The van der Waals surface area contributed by atoms with Crippen LogP contribution in [0.1, 0.15) is 30.6 Å². The third-order valence-corrected chi connectivity index (χ3v) is 6.78. The maximum Gasteiger partial charge on any atom is 0.248 e. The molecule has 1 amide bonds. The number of thioether (sulfide) groups is 1. The predicted octanol–water partition coefficient (Wildman–Crippen LogP) is 4.72. The second-order valence-corrected chi connectivity index (χ2v) is 9.31. The van der Waals surface area contributed by atoms with Gasteiger partial charge in [-0.25, -0.2) is 4.39 Å². The van der Waals surface area contributed by atoms with E-state index in [1.165, 1.54) is 12.1 Å². The van der Waals surface area contributed by atoms with Crippen molar-refractivity contribution in [2.45, 2.75) is 31.1 Å². The number of ether oxygens (including phenoxy) is 1. The maximum absolute atomic E-state index is 13.2. The fraction of sp³-hybridized carbons (Fsp3) is 0.391. The number of rotatable bonds is 7. The number of amides is 1. The van der Waals surface area contributed by atoms with E-state index in [0.717, 1.165) is 23.4 Å². The Balaban J connectivity index is 1.39. The summed E-state index contributed by atoms with van der Waals surface area (Å²) in [4.78, 5) is 19.7. The van der Waals surface area contributed by atoms with Gasteiger partial charge in [-0.05, 0) is 49.6 Å². The average molecular weight is 413 g/mol. The first-order valence-corrected chi connectivity index (χ1v) is 10.7. The van der Waals surface area contributed by atoms with E-state index < -0.39 is 0 Å². The van der Waals surface area contributed by atoms with Crippen molar-refractivity contribution in [1.82, 2.24) is 4.90 Å². The maximum atomic E-state index is 13.2. The van der Waals surface area contributed by atoms with E-state index in [4.69, 9.17) is 4.74 Å². The number of halogens is 1. The second kappa shape index (κ2) is 8.19. The smallest absolute Gasteiger partial charge is 0.248 e. The van der Waals surface area contributed by atoms with Crippen molar-refractivity contribution in [3.8, 4) is 5.75 Å². The molecule has 1 aliphatic heterocycles. The van der Waals surface area contributed by atoms with Crippen LogP contribution in [0, 0.1) is 11.2 Å². The minimum atomic E-state index is -0.388. The molecule has 4 rings (SSSR count). The highest BCUT2D eigenvalue weighted by Gasteiger charge is 2.46. The molecule has 29 heavy (non-hydrogen) atoms. The van der Waals surface area contributed by atoms with Crippen LogP contribution >= 0.6 is 11.8 Å². The predicted molar refractivity (Wildman–Crippen MR) is 115 cm³/mol. The Morgan fingerprint density at radius 3 is 2.55 bits per heavy atom. The SMILES string of the molecule is CC1=NC(C(=O)N(C)CC2(COc3ccc(F)cc3)CC2)C(c2ccccc2)S1. The molecular weight excluding hydrogens is 387 g/mol. The minimum Gasteiger partial charge on any atom is -0.493 e. The molecule has 1 fully saturated rings. The lowest BCUT2D eigenvalue weighted by Crippen LogP contribution is -2.41. The summed E-state index contributed by atoms with van der Waals surface area (Å²) in [5.41, 5.74) is 1.11. The summed E-state index contributed by atoms with van der Waals surface area (Å²) in [6.07, 6.45) is 2.05. The Labute approximate surface area is 175 Å². The van der Waals surface area contributed by atoms with Crippen LogP contribution in [0.2, 0.25) is 0 Å². The monoisotopic (exact) mass is 412 g/mol. The molecule has 0 bridgehead atoms. The van der Waals surface area contributed by atoms with E-state index in [0.29, 0.717) is 18.9 Å². The molecule has 1 aliphatic carbocycles. The van der Waals surface area contributed by atoms with E-state index in [-0.39, 0.29) is 28.4 Å². The van der Waals surface area contributed by atoms with Gasteiger partial charge < -0.3 is 9.64 Å². The molecule has 2 aromatic rings. The number of hydrogen-bond donors (Lipinski definition) is 0. The van der Waals surface area contributed by atoms with Crippen molar-refractivity contribution in [2.75, 3.05) is 20.2 Å². The van der Waals surface area contributed by atoms with Crippen molar-refractivity contribution in [3.63, 3.8) is 0 Å². The molecular formula is C23H25FN2O2S. The number of likely N-dealkylation sites (N-methyl/N-ethyl adjacent to an activating group) is 1. The van der Waals surface area contributed by atoms with Crippen LogP contribution in [0.5, 0.6) is 5.75 Å². The molecule has 0 aromatic heterocycles. The molecule has 2 atom stereocenters. The molecule has 152 valence electrons. The molecule has 1 saturated carbocycles. The first kappa shape index (κ1) is 20.0. The fourth-order valence-corrected chi connectivity index (χ4v) is 4.86. The molecule has 2 aliphatic rings. The number of nitrogens with zero attached hydrogens (tertiary/aromatic N) is 2. The van der Waals surface area contributed by atoms with Gasteiger partial charge in [0.1, 0.15) is 17.6 Å². The lowest BCUT2D eigenvalue weighted by atomic mass is 10.0. The van der Waals surface area contributed by atoms with Crippen LogP contribution in [0.3, 0.4) is 0 Å². The van der Waals surface area contributed by atoms with Crippen molar-refractivity contribution >= 4 is 22.7 Å². The minimum absolute atomic E-state index is 0.0223. The summed E-state index contributed by atoms with van der Waals surface area (Å²) in [5, 5.41) is 0.975. The highest BCUT2D eigenvalue weighted by atomic mass is 32.2. The van der Waals surface area contributed by atoms with Gasteiger partial charge >= 0.3 is 0 Å². The van der Waals surface area contributed by atoms with Crippen LogP contribution in [-0.2, 0) is 4.79 Å². The topological polar surface area (TPSA) is 41.9 Å². The fourth-order valence-electron chi connectivity index (χ4n) is 3.72. The summed E-state index contributed by atoms with van der Waals surface area (Å²) >= 11 is 1.66. The number of carbonyl (C=O) groups excluding carboxylic acids is 1. The zero-order valence-corrected chi connectivity index (χ0v) is 17.5. The highest BCUT2D eigenvalue weighted by molar-refractivity contribution is 8.14. The van der Waals surface area contributed by atoms with Gasteiger partial charge in [0.2, 0.25) is 5.91 Å².